The Morgan fingerprint density at radius 1 is 1.15 bits per heavy atom. The molecule has 4 nitrogen and oxygen atoms in total. The topological polar surface area (TPSA) is 44.4 Å². The summed E-state index contributed by atoms with van der Waals surface area (Å²) >= 11 is 15.6. The standard InChI is InChI=1S/C19H22BrCl2N3O/c1-12(19(26)24-15-6-4-5-14(20)10-15)23-18(11-25(2)3)13-7-8-16(21)17(22)9-13/h4-10,12,18,23H,11H2,1-3H3,(H,24,26). The molecular weight excluding hydrogens is 437 g/mol. The number of halogens is 3. The van der Waals surface area contributed by atoms with E-state index in [2.05, 4.69) is 31.5 Å². The number of nitrogens with one attached hydrogen (secondary N) is 2. The summed E-state index contributed by atoms with van der Waals surface area (Å²) in [5, 5.41) is 7.31. The number of amides is 1. The molecule has 2 atom stereocenters. The molecule has 2 aromatic rings. The molecule has 2 unspecified atom stereocenters. The first-order chi connectivity index (χ1) is 12.3. The Morgan fingerprint density at radius 3 is 2.50 bits per heavy atom. The second kappa shape index (κ2) is 9.72. The van der Waals surface area contributed by atoms with Crippen molar-refractivity contribution in [3.63, 3.8) is 0 Å². The molecule has 2 aromatic carbocycles. The van der Waals surface area contributed by atoms with E-state index in [4.69, 9.17) is 23.2 Å². The fourth-order valence-electron chi connectivity index (χ4n) is 2.54. The molecule has 0 heterocycles. The number of nitrogens with zero attached hydrogens (tertiary/aromatic N) is 1. The lowest BCUT2D eigenvalue weighted by molar-refractivity contribution is -0.118. The van der Waals surface area contributed by atoms with Gasteiger partial charge in [-0.3, -0.25) is 10.1 Å². The van der Waals surface area contributed by atoms with Gasteiger partial charge in [-0.05, 0) is 56.9 Å². The van der Waals surface area contributed by atoms with E-state index in [1.54, 1.807) is 6.07 Å². The average molecular weight is 459 g/mol. The molecule has 2 N–H and O–H groups in total. The third-order valence-corrected chi connectivity index (χ3v) is 5.06. The maximum Gasteiger partial charge on any atom is 0.241 e. The zero-order valence-corrected chi connectivity index (χ0v) is 18.0. The van der Waals surface area contributed by atoms with Gasteiger partial charge in [0, 0.05) is 22.7 Å². The lowest BCUT2D eigenvalue weighted by Crippen LogP contribution is -2.43. The molecule has 140 valence electrons. The Balaban J connectivity index is 2.11. The van der Waals surface area contributed by atoms with Crippen LogP contribution in [-0.4, -0.2) is 37.5 Å². The van der Waals surface area contributed by atoms with E-state index in [1.807, 2.05) is 57.4 Å². The van der Waals surface area contributed by atoms with Gasteiger partial charge in [0.1, 0.15) is 0 Å². The van der Waals surface area contributed by atoms with Crippen molar-refractivity contribution in [2.75, 3.05) is 26.0 Å². The second-order valence-electron chi connectivity index (χ2n) is 6.38. The largest absolute Gasteiger partial charge is 0.325 e. The van der Waals surface area contributed by atoms with Crippen LogP contribution in [0, 0.1) is 0 Å². The van der Waals surface area contributed by atoms with E-state index in [-0.39, 0.29) is 11.9 Å². The number of carbonyl (C=O) groups excluding carboxylic acids is 1. The predicted octanol–water partition coefficient (Wildman–Crippen LogP) is 4.98. The summed E-state index contributed by atoms with van der Waals surface area (Å²) in [6.07, 6.45) is 0. The monoisotopic (exact) mass is 457 g/mol. The minimum atomic E-state index is -0.395. The van der Waals surface area contributed by atoms with Crippen LogP contribution in [0.5, 0.6) is 0 Å². The summed E-state index contributed by atoms with van der Waals surface area (Å²) in [6, 6.07) is 12.6. The van der Waals surface area contributed by atoms with E-state index in [1.165, 1.54) is 0 Å². The highest BCUT2D eigenvalue weighted by atomic mass is 79.9. The zero-order chi connectivity index (χ0) is 19.3. The number of rotatable bonds is 7. The molecule has 0 aliphatic rings. The van der Waals surface area contributed by atoms with Gasteiger partial charge in [-0.2, -0.15) is 0 Å². The lowest BCUT2D eigenvalue weighted by atomic mass is 10.1. The van der Waals surface area contributed by atoms with Crippen LogP contribution in [0.1, 0.15) is 18.5 Å². The zero-order valence-electron chi connectivity index (χ0n) is 14.9. The second-order valence-corrected chi connectivity index (χ2v) is 8.11. The van der Waals surface area contributed by atoms with E-state index in [0.29, 0.717) is 16.6 Å². The van der Waals surface area contributed by atoms with Crippen LogP contribution in [-0.2, 0) is 4.79 Å². The number of benzene rings is 2. The maximum atomic E-state index is 12.5. The predicted molar refractivity (Wildman–Crippen MR) is 113 cm³/mol. The van der Waals surface area contributed by atoms with Crippen molar-refractivity contribution in [3.05, 3.63) is 62.5 Å². The summed E-state index contributed by atoms with van der Waals surface area (Å²) < 4.78 is 0.914. The van der Waals surface area contributed by atoms with Crippen LogP contribution in [0.15, 0.2) is 46.9 Å². The summed E-state index contributed by atoms with van der Waals surface area (Å²) in [4.78, 5) is 14.6. The summed E-state index contributed by atoms with van der Waals surface area (Å²) in [7, 11) is 3.97. The molecule has 0 aromatic heterocycles. The van der Waals surface area contributed by atoms with Crippen molar-refractivity contribution in [2.24, 2.45) is 0 Å². The number of carbonyl (C=O) groups is 1. The van der Waals surface area contributed by atoms with Crippen molar-refractivity contribution >= 4 is 50.7 Å². The number of likely N-dealkylation sites (N-methyl/N-ethyl adjacent to an activating group) is 1. The molecule has 1 amide bonds. The highest BCUT2D eigenvalue weighted by molar-refractivity contribution is 9.10. The van der Waals surface area contributed by atoms with Crippen LogP contribution in [0.4, 0.5) is 5.69 Å². The molecule has 2 rings (SSSR count). The third kappa shape index (κ3) is 6.25. The van der Waals surface area contributed by atoms with Crippen LogP contribution >= 0.6 is 39.1 Å². The smallest absolute Gasteiger partial charge is 0.241 e. The number of hydrogen-bond acceptors (Lipinski definition) is 3. The Labute approximate surface area is 173 Å². The van der Waals surface area contributed by atoms with Gasteiger partial charge < -0.3 is 10.2 Å². The third-order valence-electron chi connectivity index (χ3n) is 3.83. The first-order valence-electron chi connectivity index (χ1n) is 8.18. The van der Waals surface area contributed by atoms with Gasteiger partial charge in [0.25, 0.3) is 0 Å². The Kier molecular flexibility index (Phi) is 7.92. The average Bonchev–Trinajstić information content (AvgIpc) is 2.56. The number of hydrogen-bond donors (Lipinski definition) is 2. The quantitative estimate of drug-likeness (QED) is 0.615. The molecule has 0 aliphatic heterocycles. The first-order valence-corrected chi connectivity index (χ1v) is 9.73. The fourth-order valence-corrected chi connectivity index (χ4v) is 3.25. The molecule has 0 saturated heterocycles. The lowest BCUT2D eigenvalue weighted by Gasteiger charge is -2.26. The molecule has 0 spiro atoms. The Morgan fingerprint density at radius 2 is 1.88 bits per heavy atom. The minimum absolute atomic E-state index is 0.0666. The van der Waals surface area contributed by atoms with Crippen LogP contribution < -0.4 is 10.6 Å². The van der Waals surface area contributed by atoms with Gasteiger partial charge in [-0.1, -0.05) is 51.3 Å². The van der Waals surface area contributed by atoms with Gasteiger partial charge in [0.2, 0.25) is 5.91 Å². The molecule has 7 heteroatoms. The molecule has 26 heavy (non-hydrogen) atoms. The molecule has 0 fully saturated rings. The van der Waals surface area contributed by atoms with E-state index < -0.39 is 6.04 Å². The molecular formula is C19H22BrCl2N3O. The molecule has 0 bridgehead atoms. The SMILES string of the molecule is CC(NC(CN(C)C)c1ccc(Cl)c(Cl)c1)C(=O)Nc1cccc(Br)c1. The highest BCUT2D eigenvalue weighted by Crippen LogP contribution is 2.26. The summed E-state index contributed by atoms with van der Waals surface area (Å²) in [5.41, 5.74) is 1.73. The van der Waals surface area contributed by atoms with Crippen molar-refractivity contribution < 1.29 is 4.79 Å². The Bertz CT molecular complexity index is 770. The van der Waals surface area contributed by atoms with Gasteiger partial charge in [0.15, 0.2) is 0 Å². The van der Waals surface area contributed by atoms with Crippen molar-refractivity contribution in [3.8, 4) is 0 Å². The van der Waals surface area contributed by atoms with Crippen LogP contribution in [0.3, 0.4) is 0 Å². The van der Waals surface area contributed by atoms with Gasteiger partial charge >= 0.3 is 0 Å². The van der Waals surface area contributed by atoms with Gasteiger partial charge in [0.05, 0.1) is 16.1 Å². The van der Waals surface area contributed by atoms with E-state index in [0.717, 1.165) is 15.7 Å². The van der Waals surface area contributed by atoms with Crippen molar-refractivity contribution in [2.45, 2.75) is 19.0 Å². The van der Waals surface area contributed by atoms with Gasteiger partial charge in [-0.15, -0.1) is 0 Å². The number of anilines is 1. The van der Waals surface area contributed by atoms with E-state index in [9.17, 15) is 4.79 Å². The van der Waals surface area contributed by atoms with Crippen molar-refractivity contribution in [1.29, 1.82) is 0 Å². The minimum Gasteiger partial charge on any atom is -0.325 e. The fraction of sp³-hybridized carbons (Fsp3) is 0.316. The normalized spacial score (nSPS) is 13.5. The Hall–Kier alpha value is -1.11. The summed E-state index contributed by atoms with van der Waals surface area (Å²) in [6.45, 7) is 2.56. The summed E-state index contributed by atoms with van der Waals surface area (Å²) in [5.74, 6) is -0.105. The van der Waals surface area contributed by atoms with Crippen molar-refractivity contribution in [1.82, 2.24) is 10.2 Å². The van der Waals surface area contributed by atoms with Crippen LogP contribution in [0.25, 0.3) is 0 Å². The van der Waals surface area contributed by atoms with Gasteiger partial charge in [-0.25, -0.2) is 0 Å². The maximum absolute atomic E-state index is 12.5. The van der Waals surface area contributed by atoms with Crippen LogP contribution in [0.2, 0.25) is 10.0 Å². The molecule has 0 radical (unpaired) electrons. The molecule has 0 aliphatic carbocycles. The van der Waals surface area contributed by atoms with E-state index >= 15 is 0 Å². The first kappa shape index (κ1) is 21.2. The molecule has 0 saturated carbocycles. The highest BCUT2D eigenvalue weighted by Gasteiger charge is 2.20.